The first-order valence-corrected chi connectivity index (χ1v) is 9.38. The summed E-state index contributed by atoms with van der Waals surface area (Å²) >= 11 is 0. The largest absolute Gasteiger partial charge is 0.322 e. The molecule has 0 aliphatic heterocycles. The molecule has 3 aromatic heterocycles. The van der Waals surface area contributed by atoms with Gasteiger partial charge in [-0.2, -0.15) is 5.10 Å². The second-order valence-corrected chi connectivity index (χ2v) is 7.09. The number of benzene rings is 1. The number of fused-ring (bicyclic) bond motifs is 1. The molecular weight excluding hydrogens is 350 g/mol. The first-order chi connectivity index (χ1) is 13.7. The minimum atomic E-state index is -0.156. The lowest BCUT2D eigenvalue weighted by Crippen LogP contribution is -2.13. The molecule has 4 aromatic rings. The van der Waals surface area contributed by atoms with Gasteiger partial charge < -0.3 is 5.32 Å². The van der Waals surface area contributed by atoms with Crippen molar-refractivity contribution in [3.8, 4) is 5.69 Å². The van der Waals surface area contributed by atoms with Gasteiger partial charge in [-0.3, -0.25) is 9.78 Å². The van der Waals surface area contributed by atoms with Gasteiger partial charge in [-0.1, -0.05) is 18.2 Å². The Morgan fingerprint density at radius 3 is 2.57 bits per heavy atom. The van der Waals surface area contributed by atoms with Crippen LogP contribution in [0.15, 0.2) is 60.9 Å². The number of rotatable bonds is 4. The summed E-state index contributed by atoms with van der Waals surface area (Å²) in [6.45, 7) is 1.92. The van der Waals surface area contributed by atoms with Gasteiger partial charge in [0.05, 0.1) is 22.3 Å². The lowest BCUT2D eigenvalue weighted by Gasteiger charge is -2.09. The molecule has 6 nitrogen and oxygen atoms in total. The van der Waals surface area contributed by atoms with E-state index in [1.165, 1.54) is 0 Å². The lowest BCUT2D eigenvalue weighted by molar-refractivity contribution is 0.102. The number of hydrogen-bond acceptors (Lipinski definition) is 4. The molecule has 1 aromatic carbocycles. The average molecular weight is 369 g/mol. The van der Waals surface area contributed by atoms with Gasteiger partial charge in [0.25, 0.3) is 5.91 Å². The summed E-state index contributed by atoms with van der Waals surface area (Å²) in [5.41, 5.74) is 4.74. The van der Waals surface area contributed by atoms with Crippen molar-refractivity contribution in [2.45, 2.75) is 25.7 Å². The highest BCUT2D eigenvalue weighted by atomic mass is 16.1. The summed E-state index contributed by atoms with van der Waals surface area (Å²) < 4.78 is 1.83. The zero-order chi connectivity index (χ0) is 19.1. The van der Waals surface area contributed by atoms with Crippen molar-refractivity contribution in [3.63, 3.8) is 0 Å². The van der Waals surface area contributed by atoms with Crippen molar-refractivity contribution in [3.05, 3.63) is 77.9 Å². The van der Waals surface area contributed by atoms with Crippen LogP contribution in [-0.2, 0) is 0 Å². The quantitative estimate of drug-likeness (QED) is 0.583. The van der Waals surface area contributed by atoms with Gasteiger partial charge in [0.15, 0.2) is 5.65 Å². The number of nitrogens with one attached hydrogen (secondary N) is 1. The molecule has 138 valence electrons. The van der Waals surface area contributed by atoms with Crippen molar-refractivity contribution in [1.82, 2.24) is 19.7 Å². The average Bonchev–Trinajstić information content (AvgIpc) is 3.53. The maximum absolute atomic E-state index is 13.1. The topological polar surface area (TPSA) is 72.7 Å². The Hall–Kier alpha value is -3.54. The first-order valence-electron chi connectivity index (χ1n) is 9.38. The van der Waals surface area contributed by atoms with E-state index < -0.39 is 0 Å². The Balaban J connectivity index is 1.68. The second kappa shape index (κ2) is 6.56. The van der Waals surface area contributed by atoms with Gasteiger partial charge in [0, 0.05) is 29.7 Å². The van der Waals surface area contributed by atoms with E-state index in [4.69, 9.17) is 10.1 Å². The van der Waals surface area contributed by atoms with E-state index in [1.807, 2.05) is 48.0 Å². The molecule has 0 atom stereocenters. The first kappa shape index (κ1) is 16.6. The maximum atomic E-state index is 13.1. The normalized spacial score (nSPS) is 13.6. The van der Waals surface area contributed by atoms with Crippen LogP contribution < -0.4 is 5.32 Å². The highest BCUT2D eigenvalue weighted by Gasteiger charge is 2.29. The van der Waals surface area contributed by atoms with E-state index in [0.717, 1.165) is 41.0 Å². The fourth-order valence-corrected chi connectivity index (χ4v) is 3.46. The molecule has 1 amide bonds. The summed E-state index contributed by atoms with van der Waals surface area (Å²) in [5.74, 6) is 0.271. The van der Waals surface area contributed by atoms with Crippen LogP contribution in [0.4, 0.5) is 5.69 Å². The number of aryl methyl sites for hydroxylation is 1. The number of anilines is 1. The molecule has 6 heteroatoms. The molecule has 0 unspecified atom stereocenters. The van der Waals surface area contributed by atoms with Crippen LogP contribution in [0, 0.1) is 6.92 Å². The molecular formula is C22H19N5O. The highest BCUT2D eigenvalue weighted by Crippen LogP contribution is 2.40. The summed E-state index contributed by atoms with van der Waals surface area (Å²) in [6, 6.07) is 15.4. The van der Waals surface area contributed by atoms with Crippen molar-refractivity contribution in [2.24, 2.45) is 0 Å². The molecule has 0 bridgehead atoms. The number of carbonyl (C=O) groups is 1. The molecule has 0 saturated heterocycles. The summed E-state index contributed by atoms with van der Waals surface area (Å²) in [4.78, 5) is 22.0. The van der Waals surface area contributed by atoms with E-state index in [9.17, 15) is 4.79 Å². The summed E-state index contributed by atoms with van der Waals surface area (Å²) in [7, 11) is 0. The SMILES string of the molecule is Cc1nn(-c2ccccc2)c2nc(C3CC3)cc(C(=O)Nc3ccncc3)c12. The zero-order valence-corrected chi connectivity index (χ0v) is 15.5. The molecule has 1 aliphatic carbocycles. The van der Waals surface area contributed by atoms with E-state index in [1.54, 1.807) is 24.5 Å². The van der Waals surface area contributed by atoms with Crippen LogP contribution in [-0.4, -0.2) is 25.7 Å². The van der Waals surface area contributed by atoms with E-state index >= 15 is 0 Å². The number of hydrogen-bond donors (Lipinski definition) is 1. The fourth-order valence-electron chi connectivity index (χ4n) is 3.46. The fraction of sp³-hybridized carbons (Fsp3) is 0.182. The predicted octanol–water partition coefficient (Wildman–Crippen LogP) is 4.25. The smallest absolute Gasteiger partial charge is 0.256 e. The number of pyridine rings is 2. The molecule has 5 rings (SSSR count). The van der Waals surface area contributed by atoms with Gasteiger partial charge in [-0.05, 0) is 50.1 Å². The number of nitrogens with zero attached hydrogens (tertiary/aromatic N) is 4. The highest BCUT2D eigenvalue weighted by molar-refractivity contribution is 6.12. The number of aromatic nitrogens is 4. The Morgan fingerprint density at radius 2 is 1.86 bits per heavy atom. The third-order valence-electron chi connectivity index (χ3n) is 5.01. The lowest BCUT2D eigenvalue weighted by atomic mass is 10.1. The van der Waals surface area contributed by atoms with E-state index in [0.29, 0.717) is 17.2 Å². The molecule has 1 aliphatic rings. The van der Waals surface area contributed by atoms with E-state index in [2.05, 4.69) is 10.3 Å². The van der Waals surface area contributed by atoms with Crippen molar-refractivity contribution in [1.29, 1.82) is 0 Å². The van der Waals surface area contributed by atoms with Gasteiger partial charge in [-0.15, -0.1) is 0 Å². The molecule has 0 radical (unpaired) electrons. The molecule has 28 heavy (non-hydrogen) atoms. The standard InChI is InChI=1S/C22H19N5O/c1-14-20-18(22(28)24-16-9-11-23-12-10-16)13-19(15-7-8-15)25-21(20)27(26-14)17-5-3-2-4-6-17/h2-6,9-13,15H,7-8H2,1H3,(H,23,24,28). The van der Waals surface area contributed by atoms with Gasteiger partial charge >= 0.3 is 0 Å². The molecule has 0 spiro atoms. The Labute approximate surface area is 162 Å². The number of carbonyl (C=O) groups excluding carboxylic acids is 1. The van der Waals surface area contributed by atoms with Crippen molar-refractivity contribution in [2.75, 3.05) is 5.32 Å². The van der Waals surface area contributed by atoms with Crippen LogP contribution >= 0.6 is 0 Å². The maximum Gasteiger partial charge on any atom is 0.256 e. The molecule has 1 saturated carbocycles. The number of amides is 1. The Morgan fingerprint density at radius 1 is 1.11 bits per heavy atom. The molecule has 3 heterocycles. The minimum absolute atomic E-state index is 0.156. The van der Waals surface area contributed by atoms with Crippen LogP contribution in [0.5, 0.6) is 0 Å². The zero-order valence-electron chi connectivity index (χ0n) is 15.5. The molecule has 1 fully saturated rings. The van der Waals surface area contributed by atoms with Gasteiger partial charge in [0.1, 0.15) is 0 Å². The van der Waals surface area contributed by atoms with Crippen LogP contribution in [0.2, 0.25) is 0 Å². The predicted molar refractivity (Wildman–Crippen MR) is 108 cm³/mol. The van der Waals surface area contributed by atoms with Gasteiger partial charge in [0.2, 0.25) is 0 Å². The Bertz CT molecular complexity index is 1160. The van der Waals surface area contributed by atoms with Crippen LogP contribution in [0.3, 0.4) is 0 Å². The third kappa shape index (κ3) is 2.93. The minimum Gasteiger partial charge on any atom is -0.322 e. The number of para-hydroxylation sites is 1. The van der Waals surface area contributed by atoms with Crippen molar-refractivity contribution >= 4 is 22.6 Å². The van der Waals surface area contributed by atoms with Crippen LogP contribution in [0.25, 0.3) is 16.7 Å². The summed E-state index contributed by atoms with van der Waals surface area (Å²) in [5, 5.41) is 8.46. The molecule has 1 N–H and O–H groups in total. The van der Waals surface area contributed by atoms with E-state index in [-0.39, 0.29) is 5.91 Å². The second-order valence-electron chi connectivity index (χ2n) is 7.09. The summed E-state index contributed by atoms with van der Waals surface area (Å²) in [6.07, 6.45) is 5.54. The third-order valence-corrected chi connectivity index (χ3v) is 5.01. The Kier molecular flexibility index (Phi) is 3.90. The monoisotopic (exact) mass is 369 g/mol. The van der Waals surface area contributed by atoms with Gasteiger partial charge in [-0.25, -0.2) is 9.67 Å². The van der Waals surface area contributed by atoms with Crippen molar-refractivity contribution < 1.29 is 4.79 Å². The van der Waals surface area contributed by atoms with Crippen LogP contribution in [0.1, 0.15) is 40.5 Å².